The van der Waals surface area contributed by atoms with Crippen LogP contribution in [0.1, 0.15) is 37.9 Å². The molecule has 2 saturated heterocycles. The molecule has 1 unspecified atom stereocenters. The average molecular weight is 646 g/mol. The van der Waals surface area contributed by atoms with E-state index in [4.69, 9.17) is 31.6 Å². The molecule has 11 heteroatoms. The molecule has 0 spiro atoms. The van der Waals surface area contributed by atoms with Crippen molar-refractivity contribution in [2.24, 2.45) is 0 Å². The number of rotatable bonds is 3. The van der Waals surface area contributed by atoms with Gasteiger partial charge < -0.3 is 24.8 Å². The van der Waals surface area contributed by atoms with Crippen LogP contribution in [0.4, 0.5) is 11.5 Å². The van der Waals surface area contributed by atoms with Crippen molar-refractivity contribution in [1.82, 2.24) is 20.2 Å². The SMILES string of the molecule is CC#N.CC1CCCN1C.COc1nc2c(c(N3CCNCC3)n1)CCN(c1cccc3cccc(Cl)c13)C2.CS.CS. The van der Waals surface area contributed by atoms with E-state index in [9.17, 15) is 0 Å². The molecule has 3 aromatic rings. The van der Waals surface area contributed by atoms with E-state index in [0.717, 1.165) is 84.7 Å². The predicted molar refractivity (Wildman–Crippen MR) is 190 cm³/mol. The summed E-state index contributed by atoms with van der Waals surface area (Å²) in [7, 11) is 3.83. The van der Waals surface area contributed by atoms with Crippen LogP contribution >= 0.6 is 36.9 Å². The molecule has 3 aliphatic heterocycles. The van der Waals surface area contributed by atoms with E-state index in [2.05, 4.69) is 83.5 Å². The minimum absolute atomic E-state index is 0.440. The summed E-state index contributed by atoms with van der Waals surface area (Å²) in [5, 5.41) is 13.8. The Morgan fingerprint density at radius 2 is 1.65 bits per heavy atom. The summed E-state index contributed by atoms with van der Waals surface area (Å²) >= 11 is 13.6. The highest BCUT2D eigenvalue weighted by atomic mass is 35.5. The monoisotopic (exact) mass is 645 g/mol. The fourth-order valence-corrected chi connectivity index (χ4v) is 5.72. The number of anilines is 2. The van der Waals surface area contributed by atoms with Gasteiger partial charge in [0.1, 0.15) is 5.82 Å². The van der Waals surface area contributed by atoms with Gasteiger partial charge in [0, 0.05) is 62.3 Å². The van der Waals surface area contributed by atoms with Gasteiger partial charge in [-0.3, -0.25) is 0 Å². The normalized spacial score (nSPS) is 17.3. The van der Waals surface area contributed by atoms with Crippen molar-refractivity contribution in [3.8, 4) is 12.1 Å². The van der Waals surface area contributed by atoms with Gasteiger partial charge in [-0.05, 0) is 69.8 Å². The van der Waals surface area contributed by atoms with Crippen LogP contribution in [0, 0.1) is 11.3 Å². The summed E-state index contributed by atoms with van der Waals surface area (Å²) in [6, 6.07) is 15.4. The van der Waals surface area contributed by atoms with Crippen molar-refractivity contribution in [3.63, 3.8) is 0 Å². The van der Waals surface area contributed by atoms with Gasteiger partial charge in [-0.25, -0.2) is 0 Å². The third-order valence-corrected chi connectivity index (χ3v) is 7.99. The first kappa shape index (κ1) is 36.8. The molecular formula is C32H48ClN7OS2. The lowest BCUT2D eigenvalue weighted by atomic mass is 10.0. The molecule has 1 N–H and O–H groups in total. The maximum atomic E-state index is 7.32. The Morgan fingerprint density at radius 1 is 1.00 bits per heavy atom. The summed E-state index contributed by atoms with van der Waals surface area (Å²) in [4.78, 5) is 16.5. The van der Waals surface area contributed by atoms with Gasteiger partial charge in [-0.2, -0.15) is 40.5 Å². The third-order valence-electron chi connectivity index (χ3n) is 7.68. The van der Waals surface area contributed by atoms with Crippen molar-refractivity contribution in [2.75, 3.05) is 75.7 Å². The van der Waals surface area contributed by atoms with Crippen LogP contribution in [0.15, 0.2) is 36.4 Å². The number of aromatic nitrogens is 2. The Morgan fingerprint density at radius 3 is 2.21 bits per heavy atom. The van der Waals surface area contributed by atoms with E-state index in [0.29, 0.717) is 6.01 Å². The summed E-state index contributed by atoms with van der Waals surface area (Å²) in [5.41, 5.74) is 3.44. The number of likely N-dealkylation sites (tertiary alicyclic amines) is 1. The Bertz CT molecular complexity index is 1290. The highest BCUT2D eigenvalue weighted by Gasteiger charge is 2.27. The van der Waals surface area contributed by atoms with Crippen molar-refractivity contribution in [1.29, 1.82) is 5.26 Å². The summed E-state index contributed by atoms with van der Waals surface area (Å²) in [6.45, 7) is 10.5. The summed E-state index contributed by atoms with van der Waals surface area (Å²) in [6.07, 6.45) is 7.09. The molecule has 8 nitrogen and oxygen atoms in total. The smallest absolute Gasteiger partial charge is 0.318 e. The number of nitrogens with zero attached hydrogens (tertiary/aromatic N) is 6. The second-order valence-electron chi connectivity index (χ2n) is 10.2. The van der Waals surface area contributed by atoms with Crippen LogP contribution in [-0.4, -0.2) is 86.8 Å². The first-order chi connectivity index (χ1) is 21.0. The van der Waals surface area contributed by atoms with Gasteiger partial charge in [-0.15, -0.1) is 0 Å². The second-order valence-corrected chi connectivity index (χ2v) is 10.6. The average Bonchev–Trinajstić information content (AvgIpc) is 3.44. The molecule has 0 aliphatic carbocycles. The highest BCUT2D eigenvalue weighted by Crippen LogP contribution is 2.36. The molecule has 0 saturated carbocycles. The molecule has 43 heavy (non-hydrogen) atoms. The number of thiol groups is 2. The minimum atomic E-state index is 0.440. The Hall–Kier alpha value is -2.42. The largest absolute Gasteiger partial charge is 0.467 e. The van der Waals surface area contributed by atoms with Gasteiger partial charge in [0.25, 0.3) is 0 Å². The Balaban J connectivity index is 0.000000389. The lowest BCUT2D eigenvalue weighted by Crippen LogP contribution is -2.45. The number of hydrogen-bond acceptors (Lipinski definition) is 10. The zero-order chi connectivity index (χ0) is 31.8. The number of ether oxygens (including phenoxy) is 1. The molecule has 1 atom stereocenters. The number of piperazine rings is 1. The van der Waals surface area contributed by atoms with Crippen LogP contribution in [-0.2, 0) is 13.0 Å². The lowest BCUT2D eigenvalue weighted by Gasteiger charge is -2.35. The van der Waals surface area contributed by atoms with Crippen LogP contribution in [0.3, 0.4) is 0 Å². The molecule has 236 valence electrons. The predicted octanol–water partition coefficient (Wildman–Crippen LogP) is 5.99. The fraction of sp³-hybridized carbons (Fsp3) is 0.531. The van der Waals surface area contributed by atoms with Gasteiger partial charge >= 0.3 is 6.01 Å². The van der Waals surface area contributed by atoms with Gasteiger partial charge in [0.2, 0.25) is 0 Å². The Labute approximate surface area is 274 Å². The number of methoxy groups -OCH3 is 1. The molecule has 6 rings (SSSR count). The lowest BCUT2D eigenvalue weighted by molar-refractivity contribution is 0.331. The summed E-state index contributed by atoms with van der Waals surface area (Å²) in [5.74, 6) is 1.03. The van der Waals surface area contributed by atoms with E-state index < -0.39 is 0 Å². The quantitative estimate of drug-likeness (QED) is 0.300. The van der Waals surface area contributed by atoms with E-state index in [1.165, 1.54) is 31.9 Å². The topological polar surface area (TPSA) is 80.5 Å². The van der Waals surface area contributed by atoms with Crippen molar-refractivity contribution in [3.05, 3.63) is 52.7 Å². The van der Waals surface area contributed by atoms with Gasteiger partial charge in [0.15, 0.2) is 0 Å². The van der Waals surface area contributed by atoms with E-state index in [1.54, 1.807) is 25.7 Å². The number of benzene rings is 2. The number of fused-ring (bicyclic) bond motifs is 2. The standard InChI is InChI=1S/C22H24ClN5O.C6H13N.C2H3N.2CH4S/c1-29-22-25-18-14-28(19-7-3-5-15-4-2-6-17(23)20(15)19)11-8-16(18)21(26-22)27-12-9-24-10-13-27;1-6-4-3-5-7(6)2;1-2-3;2*1-2/h2-7,24H,8-14H2,1H3;6H,3-5H2,1-2H3;1H3;2*2H,1H3. The summed E-state index contributed by atoms with van der Waals surface area (Å²) < 4.78 is 5.44. The van der Waals surface area contributed by atoms with E-state index in [-0.39, 0.29) is 0 Å². The molecule has 1 aromatic heterocycles. The molecule has 0 bridgehead atoms. The van der Waals surface area contributed by atoms with E-state index >= 15 is 0 Å². The number of nitrogens with one attached hydrogen (secondary N) is 1. The number of nitriles is 1. The minimum Gasteiger partial charge on any atom is -0.467 e. The number of hydrogen-bond donors (Lipinski definition) is 3. The van der Waals surface area contributed by atoms with Crippen LogP contribution in [0.2, 0.25) is 5.02 Å². The van der Waals surface area contributed by atoms with Crippen molar-refractivity contribution in [2.45, 2.75) is 45.7 Å². The molecule has 0 amide bonds. The van der Waals surface area contributed by atoms with Crippen LogP contribution < -0.4 is 19.9 Å². The van der Waals surface area contributed by atoms with Crippen LogP contribution in [0.5, 0.6) is 6.01 Å². The maximum absolute atomic E-state index is 7.32. The zero-order valence-electron chi connectivity index (χ0n) is 26.5. The molecule has 3 aliphatic rings. The number of halogens is 1. The highest BCUT2D eigenvalue weighted by molar-refractivity contribution is 7.79. The van der Waals surface area contributed by atoms with Gasteiger partial charge in [0.05, 0.1) is 30.4 Å². The molecule has 2 fully saturated rings. The maximum Gasteiger partial charge on any atom is 0.318 e. The third kappa shape index (κ3) is 10.0. The second kappa shape index (κ2) is 19.8. The molecular weight excluding hydrogens is 598 g/mol. The Kier molecular flexibility index (Phi) is 16.9. The molecule has 4 heterocycles. The van der Waals surface area contributed by atoms with E-state index in [1.807, 2.05) is 12.1 Å². The van der Waals surface area contributed by atoms with Crippen LogP contribution in [0.25, 0.3) is 10.8 Å². The van der Waals surface area contributed by atoms with Gasteiger partial charge in [-0.1, -0.05) is 35.9 Å². The first-order valence-electron chi connectivity index (χ1n) is 14.7. The molecule has 0 radical (unpaired) electrons. The van der Waals surface area contributed by atoms with Crippen molar-refractivity contribution < 1.29 is 4.74 Å². The zero-order valence-corrected chi connectivity index (χ0v) is 29.0. The van der Waals surface area contributed by atoms with Crippen molar-refractivity contribution >= 4 is 59.1 Å². The molecule has 2 aromatic carbocycles. The first-order valence-corrected chi connectivity index (χ1v) is 16.9. The fourth-order valence-electron chi connectivity index (χ4n) is 5.44.